The summed E-state index contributed by atoms with van der Waals surface area (Å²) in [6.07, 6.45) is 2.27. The Morgan fingerprint density at radius 2 is 2.04 bits per heavy atom. The average Bonchev–Trinajstić information content (AvgIpc) is 3.05. The van der Waals surface area contributed by atoms with Gasteiger partial charge in [0, 0.05) is 39.3 Å². The highest BCUT2D eigenvalue weighted by Crippen LogP contribution is 2.21. The first-order valence-electron chi connectivity index (χ1n) is 9.01. The molecule has 5 heteroatoms. The quantitative estimate of drug-likeness (QED) is 0.858. The summed E-state index contributed by atoms with van der Waals surface area (Å²) in [7, 11) is 0. The fraction of sp³-hybridized carbons (Fsp3) is 0.632. The maximum absolute atomic E-state index is 12.5. The first kappa shape index (κ1) is 17.4. The number of likely N-dealkylation sites (tertiary alicyclic amines) is 1. The summed E-state index contributed by atoms with van der Waals surface area (Å²) in [5.74, 6) is 0.655. The first-order chi connectivity index (χ1) is 11.7. The Labute approximate surface area is 144 Å². The third kappa shape index (κ3) is 4.79. The Morgan fingerprint density at radius 1 is 1.21 bits per heavy atom. The zero-order valence-electron chi connectivity index (χ0n) is 14.3. The summed E-state index contributed by atoms with van der Waals surface area (Å²) in [5.41, 5.74) is 1.30. The van der Waals surface area contributed by atoms with Crippen LogP contribution in [0.2, 0.25) is 0 Å². The highest BCUT2D eigenvalue weighted by Gasteiger charge is 2.29. The maximum Gasteiger partial charge on any atom is 0.225 e. The molecule has 1 aromatic rings. The van der Waals surface area contributed by atoms with Crippen molar-refractivity contribution in [3.05, 3.63) is 35.9 Å². The number of nitrogens with zero attached hydrogens (tertiary/aromatic N) is 2. The number of carbonyl (C=O) groups is 1. The van der Waals surface area contributed by atoms with E-state index in [9.17, 15) is 4.79 Å². The molecule has 0 spiro atoms. The van der Waals surface area contributed by atoms with E-state index in [-0.39, 0.29) is 18.6 Å². The number of ether oxygens (including phenoxy) is 1. The number of hydrogen-bond acceptors (Lipinski definition) is 4. The van der Waals surface area contributed by atoms with Crippen molar-refractivity contribution >= 4 is 5.91 Å². The molecule has 2 atom stereocenters. The number of benzene rings is 1. The van der Waals surface area contributed by atoms with E-state index in [1.807, 2.05) is 11.0 Å². The number of aliphatic hydroxyl groups excluding tert-OH is 1. The van der Waals surface area contributed by atoms with Gasteiger partial charge in [0.2, 0.25) is 5.91 Å². The van der Waals surface area contributed by atoms with E-state index >= 15 is 0 Å². The van der Waals surface area contributed by atoms with Crippen LogP contribution in [0.3, 0.4) is 0 Å². The molecule has 1 amide bonds. The van der Waals surface area contributed by atoms with Crippen LogP contribution in [0.15, 0.2) is 30.3 Å². The van der Waals surface area contributed by atoms with Gasteiger partial charge >= 0.3 is 0 Å². The lowest BCUT2D eigenvalue weighted by Crippen LogP contribution is -2.44. The minimum Gasteiger partial charge on any atom is -0.396 e. The van der Waals surface area contributed by atoms with Gasteiger partial charge in [0.05, 0.1) is 19.1 Å². The van der Waals surface area contributed by atoms with Crippen molar-refractivity contribution in [1.29, 1.82) is 0 Å². The Kier molecular flexibility index (Phi) is 6.24. The Morgan fingerprint density at radius 3 is 2.83 bits per heavy atom. The van der Waals surface area contributed by atoms with Crippen molar-refractivity contribution in [3.63, 3.8) is 0 Å². The van der Waals surface area contributed by atoms with E-state index in [2.05, 4.69) is 29.2 Å². The Balaban J connectivity index is 1.46. The molecule has 0 unspecified atom stereocenters. The zero-order valence-corrected chi connectivity index (χ0v) is 14.3. The summed E-state index contributed by atoms with van der Waals surface area (Å²) >= 11 is 0. The molecule has 2 aliphatic rings. The van der Waals surface area contributed by atoms with Gasteiger partial charge in [0.25, 0.3) is 0 Å². The Bertz CT molecular complexity index is 523. The summed E-state index contributed by atoms with van der Waals surface area (Å²) in [5, 5.41) is 9.03. The lowest BCUT2D eigenvalue weighted by atomic mass is 10.1. The molecule has 0 aromatic heterocycles. The number of hydrogen-bond donors (Lipinski definition) is 1. The minimum atomic E-state index is -0.00754. The largest absolute Gasteiger partial charge is 0.396 e. The second-order valence-corrected chi connectivity index (χ2v) is 6.92. The molecule has 2 fully saturated rings. The van der Waals surface area contributed by atoms with Crippen molar-refractivity contribution < 1.29 is 14.6 Å². The molecule has 0 saturated carbocycles. The molecule has 2 aliphatic heterocycles. The first-order valence-corrected chi connectivity index (χ1v) is 9.01. The number of aliphatic hydroxyl groups is 1. The van der Waals surface area contributed by atoms with Gasteiger partial charge in [-0.25, -0.2) is 0 Å². The Hall–Kier alpha value is -1.43. The van der Waals surface area contributed by atoms with Crippen LogP contribution in [0, 0.1) is 5.92 Å². The second-order valence-electron chi connectivity index (χ2n) is 6.92. The molecule has 1 N–H and O–H groups in total. The zero-order chi connectivity index (χ0) is 16.8. The second kappa shape index (κ2) is 8.60. The molecule has 0 aliphatic carbocycles. The fourth-order valence-electron chi connectivity index (χ4n) is 3.69. The molecule has 1 aromatic carbocycles. The third-order valence-corrected chi connectivity index (χ3v) is 5.05. The molecule has 24 heavy (non-hydrogen) atoms. The van der Waals surface area contributed by atoms with E-state index in [0.717, 1.165) is 45.6 Å². The molecular weight excluding hydrogens is 304 g/mol. The minimum absolute atomic E-state index is 0.00754. The standard InChI is InChI=1S/C19H28N2O3/c22-10-7-17-6-8-21(14-17)19(23)12-18-15-20(9-11-24-18)13-16-4-2-1-3-5-16/h1-5,17-18,22H,6-15H2/t17-,18+/m1/s1. The van der Waals surface area contributed by atoms with E-state index in [1.54, 1.807) is 0 Å². The molecule has 3 rings (SSSR count). The monoisotopic (exact) mass is 332 g/mol. The van der Waals surface area contributed by atoms with Crippen LogP contribution in [0.25, 0.3) is 0 Å². The summed E-state index contributed by atoms with van der Waals surface area (Å²) in [6.45, 7) is 5.17. The molecule has 132 valence electrons. The molecule has 0 bridgehead atoms. The van der Waals surface area contributed by atoms with Crippen molar-refractivity contribution in [2.75, 3.05) is 39.4 Å². The van der Waals surface area contributed by atoms with Gasteiger partial charge in [-0.1, -0.05) is 30.3 Å². The van der Waals surface area contributed by atoms with Crippen LogP contribution >= 0.6 is 0 Å². The third-order valence-electron chi connectivity index (χ3n) is 5.05. The van der Waals surface area contributed by atoms with E-state index in [4.69, 9.17) is 9.84 Å². The van der Waals surface area contributed by atoms with Gasteiger partial charge in [-0.3, -0.25) is 9.69 Å². The highest BCUT2D eigenvalue weighted by atomic mass is 16.5. The topological polar surface area (TPSA) is 53.0 Å². The maximum atomic E-state index is 12.5. The number of morpholine rings is 1. The van der Waals surface area contributed by atoms with Crippen LogP contribution in [0.5, 0.6) is 0 Å². The lowest BCUT2D eigenvalue weighted by Gasteiger charge is -2.33. The summed E-state index contributed by atoms with van der Waals surface area (Å²) < 4.78 is 5.82. The van der Waals surface area contributed by atoms with Gasteiger partial charge in [0.1, 0.15) is 0 Å². The number of rotatable bonds is 6. The normalized spacial score (nSPS) is 25.1. The molecule has 5 nitrogen and oxygen atoms in total. The van der Waals surface area contributed by atoms with Gasteiger partial charge in [0.15, 0.2) is 0 Å². The SMILES string of the molecule is O=C(C[C@H]1CN(Cc2ccccc2)CCO1)N1CC[C@H](CCO)C1. The van der Waals surface area contributed by atoms with Gasteiger partial charge in [-0.15, -0.1) is 0 Å². The van der Waals surface area contributed by atoms with Crippen molar-refractivity contribution in [2.24, 2.45) is 5.92 Å². The average molecular weight is 332 g/mol. The van der Waals surface area contributed by atoms with Crippen LogP contribution < -0.4 is 0 Å². The summed E-state index contributed by atoms with van der Waals surface area (Å²) in [6, 6.07) is 10.4. The van der Waals surface area contributed by atoms with E-state index < -0.39 is 0 Å². The van der Waals surface area contributed by atoms with Crippen molar-refractivity contribution in [3.8, 4) is 0 Å². The predicted molar refractivity (Wildman–Crippen MR) is 92.5 cm³/mol. The molecule has 2 saturated heterocycles. The van der Waals surface area contributed by atoms with E-state index in [0.29, 0.717) is 18.9 Å². The van der Waals surface area contributed by atoms with Gasteiger partial charge in [-0.05, 0) is 24.3 Å². The highest BCUT2D eigenvalue weighted by molar-refractivity contribution is 5.77. The van der Waals surface area contributed by atoms with Crippen LogP contribution in [0.1, 0.15) is 24.8 Å². The van der Waals surface area contributed by atoms with Crippen LogP contribution in [-0.4, -0.2) is 66.3 Å². The lowest BCUT2D eigenvalue weighted by molar-refractivity contribution is -0.135. The van der Waals surface area contributed by atoms with E-state index in [1.165, 1.54) is 5.56 Å². The van der Waals surface area contributed by atoms with Crippen molar-refractivity contribution in [1.82, 2.24) is 9.80 Å². The fourth-order valence-corrected chi connectivity index (χ4v) is 3.69. The van der Waals surface area contributed by atoms with Crippen LogP contribution in [-0.2, 0) is 16.1 Å². The number of carbonyl (C=O) groups excluding carboxylic acids is 1. The molecule has 0 radical (unpaired) electrons. The predicted octanol–water partition coefficient (Wildman–Crippen LogP) is 1.51. The number of amides is 1. The molecular formula is C19H28N2O3. The van der Waals surface area contributed by atoms with Gasteiger partial charge in [-0.2, -0.15) is 0 Å². The van der Waals surface area contributed by atoms with Crippen molar-refractivity contribution in [2.45, 2.75) is 31.9 Å². The molecule has 2 heterocycles. The van der Waals surface area contributed by atoms with Crippen LogP contribution in [0.4, 0.5) is 0 Å². The van der Waals surface area contributed by atoms with Gasteiger partial charge < -0.3 is 14.7 Å². The summed E-state index contributed by atoms with van der Waals surface area (Å²) in [4.78, 5) is 16.8. The smallest absolute Gasteiger partial charge is 0.225 e.